The molecule has 26 heavy (non-hydrogen) atoms. The van der Waals surface area contributed by atoms with Gasteiger partial charge in [0.15, 0.2) is 0 Å². The Balaban J connectivity index is 1.88. The minimum absolute atomic E-state index is 0.306. The van der Waals surface area contributed by atoms with Gasteiger partial charge < -0.3 is 0 Å². The number of alkyl halides is 3. The van der Waals surface area contributed by atoms with Crippen LogP contribution < -0.4 is 0 Å². The summed E-state index contributed by atoms with van der Waals surface area (Å²) in [5.41, 5.74) is -1.55. The maximum atomic E-state index is 13.8. The first-order chi connectivity index (χ1) is 12.4. The zero-order valence-electron chi connectivity index (χ0n) is 16.9. The van der Waals surface area contributed by atoms with Crippen molar-refractivity contribution in [3.63, 3.8) is 0 Å². The molecule has 2 saturated carbocycles. The van der Waals surface area contributed by atoms with Crippen LogP contribution in [0.2, 0.25) is 0 Å². The van der Waals surface area contributed by atoms with Gasteiger partial charge in [0.05, 0.1) is 5.41 Å². The molecule has 0 bridgehead atoms. The van der Waals surface area contributed by atoms with E-state index in [2.05, 4.69) is 13.8 Å². The number of hydrogen-bond donors (Lipinski definition) is 0. The van der Waals surface area contributed by atoms with Gasteiger partial charge in [-0.15, -0.1) is 0 Å². The van der Waals surface area contributed by atoms with Crippen LogP contribution in [0.25, 0.3) is 0 Å². The summed E-state index contributed by atoms with van der Waals surface area (Å²) in [4.78, 5) is 0. The third kappa shape index (κ3) is 5.76. The second-order valence-corrected chi connectivity index (χ2v) is 8.96. The van der Waals surface area contributed by atoms with E-state index in [-0.39, 0.29) is 0 Å². The Morgan fingerprint density at radius 3 is 2.00 bits per heavy atom. The zero-order valence-corrected chi connectivity index (χ0v) is 16.9. The van der Waals surface area contributed by atoms with Gasteiger partial charge in [-0.25, -0.2) is 0 Å². The predicted molar refractivity (Wildman–Crippen MR) is 104 cm³/mol. The third-order valence-corrected chi connectivity index (χ3v) is 7.15. The maximum absolute atomic E-state index is 13.8. The molecule has 0 radical (unpaired) electrons. The molecule has 0 nitrogen and oxygen atoms in total. The molecule has 0 amide bonds. The second kappa shape index (κ2) is 10.2. The predicted octanol–water partition coefficient (Wildman–Crippen LogP) is 8.47. The fraction of sp³-hybridized carbons (Fsp3) is 0.913. The van der Waals surface area contributed by atoms with Crippen LogP contribution in [0.15, 0.2) is 12.2 Å². The van der Waals surface area contributed by atoms with Gasteiger partial charge in [-0.3, -0.25) is 0 Å². The average Bonchev–Trinajstić information content (AvgIpc) is 2.62. The Morgan fingerprint density at radius 2 is 1.46 bits per heavy atom. The van der Waals surface area contributed by atoms with Gasteiger partial charge in [0.1, 0.15) is 0 Å². The SMILES string of the molecule is CCCCCC=CC1(C(F)(F)F)CCC(C2CCC(CCC)CC2)CC1. The first-order valence-corrected chi connectivity index (χ1v) is 11.2. The van der Waals surface area contributed by atoms with Crippen molar-refractivity contribution in [3.8, 4) is 0 Å². The van der Waals surface area contributed by atoms with Gasteiger partial charge in [-0.2, -0.15) is 13.2 Å². The van der Waals surface area contributed by atoms with Gasteiger partial charge in [0.25, 0.3) is 0 Å². The largest absolute Gasteiger partial charge is 0.397 e. The van der Waals surface area contributed by atoms with E-state index in [0.29, 0.717) is 24.7 Å². The number of unbranched alkanes of at least 4 members (excludes halogenated alkanes) is 3. The van der Waals surface area contributed by atoms with Crippen molar-refractivity contribution in [2.45, 2.75) is 110 Å². The fourth-order valence-corrected chi connectivity index (χ4v) is 5.35. The van der Waals surface area contributed by atoms with E-state index in [4.69, 9.17) is 0 Å². The highest BCUT2D eigenvalue weighted by Crippen LogP contribution is 2.53. The lowest BCUT2D eigenvalue weighted by Gasteiger charge is -2.43. The summed E-state index contributed by atoms with van der Waals surface area (Å²) in [5, 5.41) is 0. The minimum atomic E-state index is -4.10. The van der Waals surface area contributed by atoms with Crippen LogP contribution in [0, 0.1) is 23.2 Å². The van der Waals surface area contributed by atoms with Crippen LogP contribution in [0.4, 0.5) is 13.2 Å². The highest BCUT2D eigenvalue weighted by atomic mass is 19.4. The van der Waals surface area contributed by atoms with E-state index in [1.807, 2.05) is 6.08 Å². The van der Waals surface area contributed by atoms with Crippen molar-refractivity contribution in [2.24, 2.45) is 23.2 Å². The molecular formula is C23H39F3. The van der Waals surface area contributed by atoms with E-state index >= 15 is 0 Å². The van der Waals surface area contributed by atoms with E-state index in [9.17, 15) is 13.2 Å². The summed E-state index contributed by atoms with van der Waals surface area (Å²) >= 11 is 0. The lowest BCUT2D eigenvalue weighted by Crippen LogP contribution is -2.41. The molecule has 0 heterocycles. The van der Waals surface area contributed by atoms with Crippen molar-refractivity contribution in [3.05, 3.63) is 12.2 Å². The van der Waals surface area contributed by atoms with Gasteiger partial charge >= 0.3 is 6.18 Å². The quantitative estimate of drug-likeness (QED) is 0.296. The highest BCUT2D eigenvalue weighted by molar-refractivity contribution is 5.07. The summed E-state index contributed by atoms with van der Waals surface area (Å²) in [6.07, 6.45) is 13.1. The van der Waals surface area contributed by atoms with Crippen molar-refractivity contribution in [2.75, 3.05) is 0 Å². The normalized spacial score (nSPS) is 33.7. The average molecular weight is 373 g/mol. The van der Waals surface area contributed by atoms with Crippen LogP contribution in [0.5, 0.6) is 0 Å². The number of rotatable bonds is 8. The molecule has 2 aliphatic rings. The molecule has 0 spiro atoms. The molecule has 0 atom stereocenters. The molecule has 2 fully saturated rings. The lowest BCUT2D eigenvalue weighted by molar-refractivity contribution is -0.218. The molecule has 0 aromatic carbocycles. The number of halogens is 3. The first kappa shape index (κ1) is 21.8. The smallest absolute Gasteiger partial charge is 0.170 e. The molecule has 0 unspecified atom stereocenters. The van der Waals surface area contributed by atoms with Crippen LogP contribution >= 0.6 is 0 Å². The van der Waals surface area contributed by atoms with Crippen molar-refractivity contribution in [1.82, 2.24) is 0 Å². The molecular weight excluding hydrogens is 333 g/mol. The van der Waals surface area contributed by atoms with Crippen LogP contribution in [0.3, 0.4) is 0 Å². The van der Waals surface area contributed by atoms with E-state index in [1.165, 1.54) is 44.6 Å². The molecule has 2 aliphatic carbocycles. The third-order valence-electron chi connectivity index (χ3n) is 7.15. The fourth-order valence-electron chi connectivity index (χ4n) is 5.35. The number of allylic oxidation sites excluding steroid dienone is 2. The Morgan fingerprint density at radius 1 is 0.846 bits per heavy atom. The van der Waals surface area contributed by atoms with Gasteiger partial charge in [0, 0.05) is 0 Å². The van der Waals surface area contributed by atoms with Gasteiger partial charge in [0.2, 0.25) is 0 Å². The molecule has 0 aromatic heterocycles. The molecule has 0 saturated heterocycles. The van der Waals surface area contributed by atoms with Crippen LogP contribution in [-0.4, -0.2) is 6.18 Å². The summed E-state index contributed by atoms with van der Waals surface area (Å²) < 4.78 is 41.5. The molecule has 2 rings (SSSR count). The summed E-state index contributed by atoms with van der Waals surface area (Å²) in [5.74, 6) is 2.09. The van der Waals surface area contributed by atoms with E-state index in [0.717, 1.165) is 44.4 Å². The molecule has 3 heteroatoms. The van der Waals surface area contributed by atoms with Crippen LogP contribution in [-0.2, 0) is 0 Å². The Labute approximate surface area is 159 Å². The lowest BCUT2D eigenvalue weighted by atomic mass is 9.64. The summed E-state index contributed by atoms with van der Waals surface area (Å²) in [6.45, 7) is 4.37. The highest BCUT2D eigenvalue weighted by Gasteiger charge is 2.54. The van der Waals surface area contributed by atoms with Crippen molar-refractivity contribution >= 4 is 0 Å². The standard InChI is InChI=1S/C23H39F3/c1-3-5-6-7-8-16-22(23(24,25)26)17-14-21(15-18-22)20-12-10-19(9-4-2)11-13-20/h8,16,19-21H,3-7,9-15,17-18H2,1-2H3. The van der Waals surface area contributed by atoms with E-state index < -0.39 is 11.6 Å². The Kier molecular flexibility index (Phi) is 8.54. The zero-order chi connectivity index (χ0) is 19.0. The van der Waals surface area contributed by atoms with E-state index in [1.54, 1.807) is 0 Å². The maximum Gasteiger partial charge on any atom is 0.397 e. The molecule has 0 aromatic rings. The van der Waals surface area contributed by atoms with Crippen molar-refractivity contribution in [1.29, 1.82) is 0 Å². The Bertz CT molecular complexity index is 408. The number of hydrogen-bond acceptors (Lipinski definition) is 0. The first-order valence-electron chi connectivity index (χ1n) is 11.2. The Hall–Kier alpha value is -0.470. The molecule has 152 valence electrons. The second-order valence-electron chi connectivity index (χ2n) is 8.96. The summed E-state index contributed by atoms with van der Waals surface area (Å²) in [7, 11) is 0. The van der Waals surface area contributed by atoms with Crippen molar-refractivity contribution < 1.29 is 13.2 Å². The van der Waals surface area contributed by atoms with Gasteiger partial charge in [-0.05, 0) is 69.1 Å². The monoisotopic (exact) mass is 372 g/mol. The topological polar surface area (TPSA) is 0 Å². The van der Waals surface area contributed by atoms with Gasteiger partial charge in [-0.1, -0.05) is 64.5 Å². The minimum Gasteiger partial charge on any atom is -0.170 e. The van der Waals surface area contributed by atoms with Crippen LogP contribution in [0.1, 0.15) is 104 Å². The summed E-state index contributed by atoms with van der Waals surface area (Å²) in [6, 6.07) is 0. The molecule has 0 aliphatic heterocycles. The molecule has 0 N–H and O–H groups in total.